The van der Waals surface area contributed by atoms with Gasteiger partial charge in [0.25, 0.3) is 0 Å². The quantitative estimate of drug-likeness (QED) is 0.843. The van der Waals surface area contributed by atoms with Gasteiger partial charge in [-0.3, -0.25) is 4.79 Å². The van der Waals surface area contributed by atoms with Crippen LogP contribution in [0.15, 0.2) is 24.3 Å². The number of carbonyl (C=O) groups is 1. The summed E-state index contributed by atoms with van der Waals surface area (Å²) < 4.78 is 5.16. The number of carboxylic acid groups (broad SMARTS) is 1. The van der Waals surface area contributed by atoms with E-state index in [1.807, 2.05) is 31.3 Å². The highest BCUT2D eigenvalue weighted by Crippen LogP contribution is 2.37. The van der Waals surface area contributed by atoms with Crippen molar-refractivity contribution < 1.29 is 14.6 Å². The molecule has 0 spiro atoms. The first-order chi connectivity index (χ1) is 10.1. The summed E-state index contributed by atoms with van der Waals surface area (Å²) in [5.74, 6) is 0.166. The summed E-state index contributed by atoms with van der Waals surface area (Å²) in [6.07, 6.45) is 5.90. The molecule has 4 nitrogen and oxygen atoms in total. The maximum Gasteiger partial charge on any atom is 0.311 e. The lowest BCUT2D eigenvalue weighted by atomic mass is 9.80. The van der Waals surface area contributed by atoms with Gasteiger partial charge >= 0.3 is 5.97 Å². The first-order valence-corrected chi connectivity index (χ1v) is 7.66. The Morgan fingerprint density at radius 3 is 2.24 bits per heavy atom. The molecule has 1 fully saturated rings. The van der Waals surface area contributed by atoms with Gasteiger partial charge in [-0.15, -0.1) is 0 Å². The second-order valence-corrected chi connectivity index (χ2v) is 6.05. The molecular formula is C17H25NO3. The van der Waals surface area contributed by atoms with E-state index in [0.717, 1.165) is 50.0 Å². The van der Waals surface area contributed by atoms with Crippen LogP contribution < -0.4 is 9.64 Å². The number of hydrogen-bond donors (Lipinski definition) is 1. The van der Waals surface area contributed by atoms with Crippen molar-refractivity contribution in [3.63, 3.8) is 0 Å². The van der Waals surface area contributed by atoms with E-state index in [2.05, 4.69) is 4.90 Å². The van der Waals surface area contributed by atoms with Crippen LogP contribution in [0.3, 0.4) is 0 Å². The van der Waals surface area contributed by atoms with E-state index in [1.165, 1.54) is 0 Å². The fourth-order valence-corrected chi connectivity index (χ4v) is 3.23. The number of rotatable bonds is 5. The van der Waals surface area contributed by atoms with Gasteiger partial charge < -0.3 is 14.7 Å². The topological polar surface area (TPSA) is 49.8 Å². The fourth-order valence-electron chi connectivity index (χ4n) is 3.23. The zero-order valence-electron chi connectivity index (χ0n) is 13.0. The highest BCUT2D eigenvalue weighted by molar-refractivity contribution is 5.75. The minimum absolute atomic E-state index is 0.564. The van der Waals surface area contributed by atoms with Gasteiger partial charge in [0.15, 0.2) is 0 Å². The highest BCUT2D eigenvalue weighted by atomic mass is 16.5. The van der Waals surface area contributed by atoms with Crippen LogP contribution >= 0.6 is 0 Å². The molecule has 0 saturated heterocycles. The Morgan fingerprint density at radius 2 is 1.76 bits per heavy atom. The molecule has 0 atom stereocenters. The molecule has 0 radical (unpaired) electrons. The van der Waals surface area contributed by atoms with Crippen molar-refractivity contribution in [2.45, 2.75) is 38.5 Å². The standard InChI is InChI=1S/C17H25NO3/c1-18(14-7-9-15(21-2)10-8-14)13-17(16(19)20)11-5-3-4-6-12-17/h7-10H,3-6,11-13H2,1-2H3,(H,19,20). The lowest BCUT2D eigenvalue weighted by Crippen LogP contribution is -2.41. The van der Waals surface area contributed by atoms with Crippen molar-refractivity contribution in [1.82, 2.24) is 0 Å². The van der Waals surface area contributed by atoms with E-state index >= 15 is 0 Å². The van der Waals surface area contributed by atoms with E-state index in [0.29, 0.717) is 6.54 Å². The minimum Gasteiger partial charge on any atom is -0.497 e. The Balaban J connectivity index is 2.13. The molecule has 0 amide bonds. The molecule has 1 saturated carbocycles. The zero-order valence-corrected chi connectivity index (χ0v) is 13.0. The van der Waals surface area contributed by atoms with Gasteiger partial charge in [-0.05, 0) is 37.1 Å². The average Bonchev–Trinajstić information content (AvgIpc) is 2.74. The Kier molecular flexibility index (Phi) is 5.10. The van der Waals surface area contributed by atoms with Gasteiger partial charge in [-0.1, -0.05) is 25.7 Å². The van der Waals surface area contributed by atoms with Crippen molar-refractivity contribution >= 4 is 11.7 Å². The molecule has 4 heteroatoms. The van der Waals surface area contributed by atoms with Crippen molar-refractivity contribution in [3.8, 4) is 5.75 Å². The first-order valence-electron chi connectivity index (χ1n) is 7.66. The van der Waals surface area contributed by atoms with Gasteiger partial charge in [-0.2, -0.15) is 0 Å². The minimum atomic E-state index is -0.648. The predicted molar refractivity (Wildman–Crippen MR) is 84.0 cm³/mol. The molecule has 1 aromatic carbocycles. The van der Waals surface area contributed by atoms with Gasteiger partial charge in [-0.25, -0.2) is 0 Å². The Hall–Kier alpha value is -1.71. The largest absolute Gasteiger partial charge is 0.497 e. The maximum atomic E-state index is 11.8. The second kappa shape index (κ2) is 6.83. The van der Waals surface area contributed by atoms with E-state index in [-0.39, 0.29) is 0 Å². The number of aliphatic carboxylic acids is 1. The summed E-state index contributed by atoms with van der Waals surface area (Å²) in [7, 11) is 3.61. The number of ether oxygens (including phenoxy) is 1. The van der Waals surface area contributed by atoms with Crippen molar-refractivity contribution in [2.75, 3.05) is 25.6 Å². The molecule has 1 aliphatic rings. The summed E-state index contributed by atoms with van der Waals surface area (Å²) in [5, 5.41) is 9.75. The van der Waals surface area contributed by atoms with Crippen LogP contribution in [0.4, 0.5) is 5.69 Å². The van der Waals surface area contributed by atoms with Gasteiger partial charge in [0.05, 0.1) is 12.5 Å². The molecule has 1 aromatic rings. The van der Waals surface area contributed by atoms with Crippen molar-refractivity contribution in [3.05, 3.63) is 24.3 Å². The number of anilines is 1. The van der Waals surface area contributed by atoms with Gasteiger partial charge in [0, 0.05) is 19.3 Å². The molecule has 1 N–H and O–H groups in total. The molecule has 2 rings (SSSR count). The summed E-state index contributed by atoms with van der Waals surface area (Å²) in [4.78, 5) is 13.9. The highest BCUT2D eigenvalue weighted by Gasteiger charge is 2.39. The van der Waals surface area contributed by atoms with Crippen molar-refractivity contribution in [2.24, 2.45) is 5.41 Å². The third kappa shape index (κ3) is 3.69. The lowest BCUT2D eigenvalue weighted by molar-refractivity contribution is -0.149. The summed E-state index contributed by atoms with van der Waals surface area (Å²) in [6, 6.07) is 7.77. The zero-order chi connectivity index (χ0) is 15.3. The predicted octanol–water partition coefficient (Wildman–Crippen LogP) is 3.56. The maximum absolute atomic E-state index is 11.8. The molecule has 1 aliphatic carbocycles. The van der Waals surface area contributed by atoms with Crippen LogP contribution in [0.2, 0.25) is 0 Å². The number of benzene rings is 1. The van der Waals surface area contributed by atoms with Crippen LogP contribution in [0.1, 0.15) is 38.5 Å². The summed E-state index contributed by atoms with van der Waals surface area (Å²) >= 11 is 0. The average molecular weight is 291 g/mol. The smallest absolute Gasteiger partial charge is 0.311 e. The third-order valence-electron chi connectivity index (χ3n) is 4.57. The van der Waals surface area contributed by atoms with E-state index in [9.17, 15) is 9.90 Å². The van der Waals surface area contributed by atoms with Crippen LogP contribution in [0, 0.1) is 5.41 Å². The number of hydrogen-bond acceptors (Lipinski definition) is 3. The number of methoxy groups -OCH3 is 1. The van der Waals surface area contributed by atoms with E-state index < -0.39 is 11.4 Å². The molecular weight excluding hydrogens is 266 g/mol. The Bertz CT molecular complexity index is 461. The van der Waals surface area contributed by atoms with E-state index in [4.69, 9.17) is 4.74 Å². The van der Waals surface area contributed by atoms with Crippen LogP contribution in [0.5, 0.6) is 5.75 Å². The van der Waals surface area contributed by atoms with Gasteiger partial charge in [0.2, 0.25) is 0 Å². The van der Waals surface area contributed by atoms with Gasteiger partial charge in [0.1, 0.15) is 5.75 Å². The molecule has 0 heterocycles. The third-order valence-corrected chi connectivity index (χ3v) is 4.57. The van der Waals surface area contributed by atoms with Crippen molar-refractivity contribution in [1.29, 1.82) is 0 Å². The first kappa shape index (κ1) is 15.7. The molecule has 116 valence electrons. The van der Waals surface area contributed by atoms with Crippen LogP contribution in [-0.4, -0.2) is 31.8 Å². The Morgan fingerprint density at radius 1 is 1.19 bits per heavy atom. The normalized spacial score (nSPS) is 17.8. The van der Waals surface area contributed by atoms with Crippen LogP contribution in [0.25, 0.3) is 0 Å². The fraction of sp³-hybridized carbons (Fsp3) is 0.588. The number of nitrogens with zero attached hydrogens (tertiary/aromatic N) is 1. The number of carboxylic acids is 1. The summed E-state index contributed by atoms with van der Waals surface area (Å²) in [5.41, 5.74) is 0.422. The molecule has 0 aromatic heterocycles. The molecule has 0 bridgehead atoms. The Labute approximate surface area is 126 Å². The van der Waals surface area contributed by atoms with Crippen LogP contribution in [-0.2, 0) is 4.79 Å². The van der Waals surface area contributed by atoms with E-state index in [1.54, 1.807) is 7.11 Å². The monoisotopic (exact) mass is 291 g/mol. The molecule has 21 heavy (non-hydrogen) atoms. The SMILES string of the molecule is COc1ccc(N(C)CC2(C(=O)O)CCCCCC2)cc1. The second-order valence-electron chi connectivity index (χ2n) is 6.05. The molecule has 0 unspecified atom stereocenters. The lowest BCUT2D eigenvalue weighted by Gasteiger charge is -2.33. The summed E-state index contributed by atoms with van der Waals surface area (Å²) in [6.45, 7) is 0.564. The molecule has 0 aliphatic heterocycles.